The van der Waals surface area contributed by atoms with Crippen LogP contribution >= 0.6 is 23.1 Å². The van der Waals surface area contributed by atoms with E-state index in [1.807, 2.05) is 19.2 Å². The number of aryl methyl sites for hydroxylation is 1. The zero-order valence-electron chi connectivity index (χ0n) is 8.19. The third kappa shape index (κ3) is 4.11. The number of nitrogens with zero attached hydrogens (tertiary/aromatic N) is 1. The molecule has 1 N–H and O–H groups in total. The van der Waals surface area contributed by atoms with E-state index in [4.69, 9.17) is 5.11 Å². The van der Waals surface area contributed by atoms with E-state index in [1.54, 1.807) is 23.1 Å². The van der Waals surface area contributed by atoms with Gasteiger partial charge in [-0.25, -0.2) is 4.98 Å². The van der Waals surface area contributed by atoms with E-state index in [9.17, 15) is 4.79 Å². The molecule has 0 aliphatic heterocycles. The highest BCUT2D eigenvalue weighted by Crippen LogP contribution is 2.28. The van der Waals surface area contributed by atoms with Crippen molar-refractivity contribution in [2.45, 2.75) is 36.3 Å². The standard InChI is InChI=1S/C9H13NO2S2/c1-6-5-13-9(10-6)14-7(2)3-4-8(11)12/h5,7H,3-4H2,1-2H3,(H,11,12). The minimum absolute atomic E-state index is 0.235. The van der Waals surface area contributed by atoms with Crippen LogP contribution in [0.3, 0.4) is 0 Å². The predicted octanol–water partition coefficient (Wildman–Crippen LogP) is 2.80. The number of aromatic nitrogens is 1. The molecule has 0 saturated heterocycles. The number of aliphatic carboxylic acids is 1. The van der Waals surface area contributed by atoms with E-state index in [-0.39, 0.29) is 6.42 Å². The molecule has 14 heavy (non-hydrogen) atoms. The average molecular weight is 231 g/mol. The zero-order chi connectivity index (χ0) is 10.6. The van der Waals surface area contributed by atoms with Gasteiger partial charge < -0.3 is 5.11 Å². The molecule has 1 atom stereocenters. The number of hydrogen-bond acceptors (Lipinski definition) is 4. The maximum Gasteiger partial charge on any atom is 0.303 e. The molecule has 0 aromatic carbocycles. The van der Waals surface area contributed by atoms with Crippen LogP contribution in [0, 0.1) is 6.92 Å². The smallest absolute Gasteiger partial charge is 0.303 e. The molecular weight excluding hydrogens is 218 g/mol. The fraction of sp³-hybridized carbons (Fsp3) is 0.556. The first kappa shape index (κ1) is 11.5. The van der Waals surface area contributed by atoms with Gasteiger partial charge in [-0.2, -0.15) is 0 Å². The molecule has 0 saturated carbocycles. The van der Waals surface area contributed by atoms with Crippen molar-refractivity contribution < 1.29 is 9.90 Å². The Morgan fingerprint density at radius 3 is 3.00 bits per heavy atom. The quantitative estimate of drug-likeness (QED) is 0.792. The number of rotatable bonds is 5. The summed E-state index contributed by atoms with van der Waals surface area (Å²) in [5.41, 5.74) is 1.03. The molecule has 1 unspecified atom stereocenters. The second kappa shape index (κ2) is 5.36. The number of carboxylic acid groups (broad SMARTS) is 1. The number of hydrogen-bond donors (Lipinski definition) is 1. The van der Waals surface area contributed by atoms with Crippen LogP contribution in [0.2, 0.25) is 0 Å². The van der Waals surface area contributed by atoms with Crippen molar-refractivity contribution in [1.82, 2.24) is 4.98 Å². The topological polar surface area (TPSA) is 50.2 Å². The summed E-state index contributed by atoms with van der Waals surface area (Å²) >= 11 is 3.27. The zero-order valence-corrected chi connectivity index (χ0v) is 9.82. The van der Waals surface area contributed by atoms with Gasteiger partial charge in [-0.05, 0) is 13.3 Å². The number of thiazole rings is 1. The normalized spacial score (nSPS) is 12.7. The molecule has 0 spiro atoms. The molecular formula is C9H13NO2S2. The summed E-state index contributed by atoms with van der Waals surface area (Å²) in [6.45, 7) is 3.99. The van der Waals surface area contributed by atoms with Crippen LogP contribution in [0.5, 0.6) is 0 Å². The summed E-state index contributed by atoms with van der Waals surface area (Å²) in [6, 6.07) is 0. The molecule has 0 bridgehead atoms. The molecule has 1 rings (SSSR count). The van der Waals surface area contributed by atoms with Crippen LogP contribution in [0.1, 0.15) is 25.5 Å². The van der Waals surface area contributed by atoms with E-state index >= 15 is 0 Å². The molecule has 1 aromatic rings. The molecule has 78 valence electrons. The van der Waals surface area contributed by atoms with Gasteiger partial charge in [0, 0.05) is 22.7 Å². The Hall–Kier alpha value is -0.550. The van der Waals surface area contributed by atoms with Crippen molar-refractivity contribution in [1.29, 1.82) is 0 Å². The monoisotopic (exact) mass is 231 g/mol. The second-order valence-corrected chi connectivity index (χ2v) is 5.66. The molecule has 0 fully saturated rings. The summed E-state index contributed by atoms with van der Waals surface area (Å²) in [6.07, 6.45) is 0.928. The summed E-state index contributed by atoms with van der Waals surface area (Å²) in [5.74, 6) is -0.729. The van der Waals surface area contributed by atoms with Gasteiger partial charge in [-0.15, -0.1) is 11.3 Å². The molecule has 0 amide bonds. The lowest BCUT2D eigenvalue weighted by molar-refractivity contribution is -0.137. The van der Waals surface area contributed by atoms with Crippen LogP contribution in [-0.2, 0) is 4.79 Å². The van der Waals surface area contributed by atoms with Gasteiger partial charge >= 0.3 is 5.97 Å². The van der Waals surface area contributed by atoms with Gasteiger partial charge in [0.15, 0.2) is 0 Å². The minimum Gasteiger partial charge on any atom is -0.481 e. The van der Waals surface area contributed by atoms with Crippen molar-refractivity contribution in [3.05, 3.63) is 11.1 Å². The Morgan fingerprint density at radius 2 is 2.50 bits per heavy atom. The Morgan fingerprint density at radius 1 is 1.79 bits per heavy atom. The third-order valence-corrected chi connectivity index (χ3v) is 3.92. The van der Waals surface area contributed by atoms with Crippen molar-refractivity contribution in [3.8, 4) is 0 Å². The van der Waals surface area contributed by atoms with Gasteiger partial charge in [0.2, 0.25) is 0 Å². The summed E-state index contributed by atoms with van der Waals surface area (Å²) < 4.78 is 1.03. The fourth-order valence-corrected chi connectivity index (χ4v) is 3.10. The van der Waals surface area contributed by atoms with Gasteiger partial charge in [-0.3, -0.25) is 4.79 Å². The predicted molar refractivity (Wildman–Crippen MR) is 59.0 cm³/mol. The van der Waals surface area contributed by atoms with Crippen molar-refractivity contribution in [2.75, 3.05) is 0 Å². The Bertz CT molecular complexity index is 312. The van der Waals surface area contributed by atoms with Crippen LogP contribution < -0.4 is 0 Å². The van der Waals surface area contributed by atoms with Crippen molar-refractivity contribution >= 4 is 29.1 Å². The molecule has 0 aliphatic carbocycles. The molecule has 5 heteroatoms. The first-order valence-corrected chi connectivity index (χ1v) is 6.14. The molecule has 0 aliphatic rings. The van der Waals surface area contributed by atoms with Gasteiger partial charge in [-0.1, -0.05) is 18.7 Å². The fourth-order valence-electron chi connectivity index (χ4n) is 0.944. The highest BCUT2D eigenvalue weighted by Gasteiger charge is 2.09. The summed E-state index contributed by atoms with van der Waals surface area (Å²) in [7, 11) is 0. The lowest BCUT2D eigenvalue weighted by Crippen LogP contribution is -2.01. The van der Waals surface area contributed by atoms with Crippen molar-refractivity contribution in [2.24, 2.45) is 0 Å². The summed E-state index contributed by atoms with van der Waals surface area (Å²) in [5, 5.41) is 10.8. The third-order valence-electron chi connectivity index (χ3n) is 1.66. The van der Waals surface area contributed by atoms with E-state index in [1.165, 1.54) is 0 Å². The lowest BCUT2D eigenvalue weighted by Gasteiger charge is -2.06. The number of thioether (sulfide) groups is 1. The van der Waals surface area contributed by atoms with Gasteiger partial charge in [0.25, 0.3) is 0 Å². The van der Waals surface area contributed by atoms with Crippen molar-refractivity contribution in [3.63, 3.8) is 0 Å². The Kier molecular flexibility index (Phi) is 4.41. The molecule has 1 heterocycles. The minimum atomic E-state index is -0.729. The highest BCUT2D eigenvalue weighted by molar-refractivity contribution is 8.01. The molecule has 3 nitrogen and oxygen atoms in total. The van der Waals surface area contributed by atoms with Gasteiger partial charge in [0.05, 0.1) is 0 Å². The van der Waals surface area contributed by atoms with Crippen LogP contribution in [0.25, 0.3) is 0 Å². The van der Waals surface area contributed by atoms with Crippen LogP contribution in [-0.4, -0.2) is 21.3 Å². The SMILES string of the molecule is Cc1csc(SC(C)CCC(=O)O)n1. The van der Waals surface area contributed by atoms with E-state index in [0.717, 1.165) is 10.0 Å². The van der Waals surface area contributed by atoms with Crippen LogP contribution in [0.15, 0.2) is 9.72 Å². The second-order valence-electron chi connectivity index (χ2n) is 3.12. The van der Waals surface area contributed by atoms with E-state index < -0.39 is 5.97 Å². The first-order valence-electron chi connectivity index (χ1n) is 4.38. The maximum atomic E-state index is 10.3. The van der Waals surface area contributed by atoms with E-state index in [2.05, 4.69) is 4.98 Å². The summed E-state index contributed by atoms with van der Waals surface area (Å²) in [4.78, 5) is 14.6. The lowest BCUT2D eigenvalue weighted by atomic mass is 10.2. The van der Waals surface area contributed by atoms with Gasteiger partial charge in [0.1, 0.15) is 4.34 Å². The highest BCUT2D eigenvalue weighted by atomic mass is 32.2. The average Bonchev–Trinajstić information content (AvgIpc) is 2.48. The van der Waals surface area contributed by atoms with E-state index in [0.29, 0.717) is 11.7 Å². The number of carbonyl (C=O) groups is 1. The molecule has 0 radical (unpaired) electrons. The molecule has 1 aromatic heterocycles. The Labute approximate surface area is 91.6 Å². The first-order chi connectivity index (χ1) is 6.58. The van der Waals surface area contributed by atoms with Crippen LogP contribution in [0.4, 0.5) is 0 Å². The largest absolute Gasteiger partial charge is 0.481 e. The maximum absolute atomic E-state index is 10.3. The Balaban J connectivity index is 2.33. The number of carboxylic acids is 1.